The van der Waals surface area contributed by atoms with Crippen LogP contribution in [0.3, 0.4) is 0 Å². The second-order valence-corrected chi connectivity index (χ2v) is 5.80. The van der Waals surface area contributed by atoms with Crippen molar-refractivity contribution in [1.82, 2.24) is 20.2 Å². The van der Waals surface area contributed by atoms with Gasteiger partial charge in [-0.05, 0) is 48.5 Å². The molecule has 2 aromatic carbocycles. The first-order chi connectivity index (χ1) is 12.1. The summed E-state index contributed by atoms with van der Waals surface area (Å²) in [4.78, 5) is 8.79. The van der Waals surface area contributed by atoms with Crippen LogP contribution in [0.2, 0.25) is 5.02 Å². The van der Waals surface area contributed by atoms with Crippen LogP contribution >= 0.6 is 11.6 Å². The van der Waals surface area contributed by atoms with Crippen molar-refractivity contribution in [3.05, 3.63) is 59.4 Å². The third-order valence-corrected chi connectivity index (χ3v) is 3.91. The molecule has 2 aromatic heterocycles. The number of aromatic nitrogens is 4. The average Bonchev–Trinajstić information content (AvgIpc) is 3.01. The molecule has 0 saturated heterocycles. The van der Waals surface area contributed by atoms with Gasteiger partial charge in [0.15, 0.2) is 11.5 Å². The molecule has 6 nitrogen and oxygen atoms in total. The van der Waals surface area contributed by atoms with Gasteiger partial charge in [0.25, 0.3) is 0 Å². The fourth-order valence-corrected chi connectivity index (χ4v) is 2.57. The Balaban J connectivity index is 1.74. The molecule has 0 bridgehead atoms. The molecule has 25 heavy (non-hydrogen) atoms. The predicted octanol–water partition coefficient (Wildman–Crippen LogP) is 4.14. The van der Waals surface area contributed by atoms with Crippen molar-refractivity contribution >= 4 is 40.0 Å². The third-order valence-electron chi connectivity index (χ3n) is 3.66. The normalized spacial score (nSPS) is 11.0. The lowest BCUT2D eigenvalue weighted by molar-refractivity contribution is 0.628. The summed E-state index contributed by atoms with van der Waals surface area (Å²) in [5, 5.41) is 11.3. The van der Waals surface area contributed by atoms with E-state index in [1.165, 1.54) is 12.1 Å². The number of halogens is 2. The van der Waals surface area contributed by atoms with Crippen LogP contribution in [0.15, 0.2) is 48.5 Å². The Morgan fingerprint density at radius 1 is 1.00 bits per heavy atom. The first-order valence-corrected chi connectivity index (χ1v) is 7.78. The summed E-state index contributed by atoms with van der Waals surface area (Å²) >= 11 is 5.90. The molecule has 0 aliphatic rings. The number of nitrogens with zero attached hydrogens (tertiary/aromatic N) is 3. The Labute approximate surface area is 146 Å². The molecule has 0 saturated carbocycles. The topological polar surface area (TPSA) is 92.5 Å². The molecule has 0 aliphatic heterocycles. The first kappa shape index (κ1) is 15.3. The second kappa shape index (κ2) is 6.03. The van der Waals surface area contributed by atoms with Gasteiger partial charge in [-0.25, -0.2) is 14.4 Å². The number of nitrogens with two attached hydrogens (primary N) is 1. The Kier molecular flexibility index (Phi) is 3.70. The van der Waals surface area contributed by atoms with Crippen molar-refractivity contribution in [3.8, 4) is 11.4 Å². The van der Waals surface area contributed by atoms with Crippen LogP contribution in [0.4, 0.5) is 21.7 Å². The van der Waals surface area contributed by atoms with Gasteiger partial charge in [0.1, 0.15) is 22.8 Å². The molecule has 4 aromatic rings. The highest BCUT2D eigenvalue weighted by Gasteiger charge is 2.14. The largest absolute Gasteiger partial charge is 0.383 e. The average molecular weight is 355 g/mol. The van der Waals surface area contributed by atoms with E-state index >= 15 is 0 Å². The standard InChI is InChI=1S/C17H12ClFN6/c18-10-3-1-9(2-4-10)15-22-14(20)13-16(24-25-17(13)23-15)21-12-7-5-11(19)6-8-12/h1-8H,(H4,20,21,22,23,24,25). The zero-order valence-corrected chi connectivity index (χ0v) is 13.5. The maximum atomic E-state index is 13.0. The molecule has 0 fully saturated rings. The fourth-order valence-electron chi connectivity index (χ4n) is 2.45. The number of hydrogen-bond acceptors (Lipinski definition) is 5. The summed E-state index contributed by atoms with van der Waals surface area (Å²) in [6.07, 6.45) is 0. The van der Waals surface area contributed by atoms with Crippen LogP contribution in [0.25, 0.3) is 22.4 Å². The van der Waals surface area contributed by atoms with Crippen molar-refractivity contribution in [2.24, 2.45) is 0 Å². The number of H-pyrrole nitrogens is 1. The smallest absolute Gasteiger partial charge is 0.188 e. The summed E-state index contributed by atoms with van der Waals surface area (Å²) in [7, 11) is 0. The van der Waals surface area contributed by atoms with Gasteiger partial charge in [-0.1, -0.05) is 11.6 Å². The number of hydrogen-bond donors (Lipinski definition) is 3. The number of rotatable bonds is 3. The number of aromatic amines is 1. The molecule has 124 valence electrons. The van der Waals surface area contributed by atoms with Gasteiger partial charge in [0, 0.05) is 16.3 Å². The fraction of sp³-hybridized carbons (Fsp3) is 0. The molecule has 0 aliphatic carbocycles. The molecular formula is C17H12ClFN6. The monoisotopic (exact) mass is 354 g/mol. The van der Waals surface area contributed by atoms with E-state index in [9.17, 15) is 4.39 Å². The zero-order valence-electron chi connectivity index (χ0n) is 12.8. The van der Waals surface area contributed by atoms with Crippen LogP contribution < -0.4 is 11.1 Å². The van der Waals surface area contributed by atoms with E-state index < -0.39 is 0 Å². The molecule has 4 N–H and O–H groups in total. The van der Waals surface area contributed by atoms with Crippen molar-refractivity contribution in [1.29, 1.82) is 0 Å². The Morgan fingerprint density at radius 2 is 1.72 bits per heavy atom. The minimum Gasteiger partial charge on any atom is -0.383 e. The highest BCUT2D eigenvalue weighted by Crippen LogP contribution is 2.29. The minimum atomic E-state index is -0.310. The SMILES string of the molecule is Nc1nc(-c2ccc(Cl)cc2)nc2n[nH]c(Nc3ccc(F)cc3)c12. The van der Waals surface area contributed by atoms with Gasteiger partial charge in [-0.15, -0.1) is 0 Å². The Bertz CT molecular complexity index is 1040. The molecule has 0 radical (unpaired) electrons. The lowest BCUT2D eigenvalue weighted by atomic mass is 10.2. The van der Waals surface area contributed by atoms with Gasteiger partial charge in [0.2, 0.25) is 0 Å². The van der Waals surface area contributed by atoms with Crippen molar-refractivity contribution < 1.29 is 4.39 Å². The quantitative estimate of drug-likeness (QED) is 0.514. The third kappa shape index (κ3) is 2.97. The number of benzene rings is 2. The highest BCUT2D eigenvalue weighted by molar-refractivity contribution is 6.30. The molecule has 0 atom stereocenters. The number of anilines is 3. The van der Waals surface area contributed by atoms with E-state index in [4.69, 9.17) is 17.3 Å². The van der Waals surface area contributed by atoms with E-state index in [1.807, 2.05) is 12.1 Å². The zero-order chi connectivity index (χ0) is 17.4. The second-order valence-electron chi connectivity index (χ2n) is 5.37. The predicted molar refractivity (Wildman–Crippen MR) is 96.2 cm³/mol. The van der Waals surface area contributed by atoms with Crippen LogP contribution in [0.5, 0.6) is 0 Å². The van der Waals surface area contributed by atoms with Gasteiger partial charge < -0.3 is 11.1 Å². The summed E-state index contributed by atoms with van der Waals surface area (Å²) in [6, 6.07) is 13.1. The molecular weight excluding hydrogens is 343 g/mol. The van der Waals surface area contributed by atoms with Crippen molar-refractivity contribution in [2.75, 3.05) is 11.1 Å². The van der Waals surface area contributed by atoms with Crippen molar-refractivity contribution in [2.45, 2.75) is 0 Å². The summed E-state index contributed by atoms with van der Waals surface area (Å²) < 4.78 is 13.0. The highest BCUT2D eigenvalue weighted by atomic mass is 35.5. The number of nitrogens with one attached hydrogen (secondary N) is 2. The van der Waals surface area contributed by atoms with E-state index in [-0.39, 0.29) is 11.6 Å². The Morgan fingerprint density at radius 3 is 2.44 bits per heavy atom. The van der Waals surface area contributed by atoms with Crippen LogP contribution in [0.1, 0.15) is 0 Å². The molecule has 8 heteroatoms. The molecule has 4 rings (SSSR count). The van der Waals surface area contributed by atoms with E-state index in [0.29, 0.717) is 33.4 Å². The lowest BCUT2D eigenvalue weighted by Crippen LogP contribution is -1.99. The van der Waals surface area contributed by atoms with Crippen molar-refractivity contribution in [3.63, 3.8) is 0 Å². The minimum absolute atomic E-state index is 0.285. The number of nitrogen functional groups attached to an aromatic ring is 1. The van der Waals surface area contributed by atoms with E-state index in [2.05, 4.69) is 25.5 Å². The maximum absolute atomic E-state index is 13.0. The lowest BCUT2D eigenvalue weighted by Gasteiger charge is -2.06. The Hall–Kier alpha value is -3.19. The van der Waals surface area contributed by atoms with E-state index in [1.54, 1.807) is 24.3 Å². The summed E-state index contributed by atoms with van der Waals surface area (Å²) in [6.45, 7) is 0. The molecule has 0 spiro atoms. The van der Waals surface area contributed by atoms with Gasteiger partial charge in [0.05, 0.1) is 0 Å². The summed E-state index contributed by atoms with van der Waals surface area (Å²) in [5.74, 6) is 0.979. The van der Waals surface area contributed by atoms with Gasteiger partial charge in [-0.3, -0.25) is 5.10 Å². The molecule has 0 amide bonds. The maximum Gasteiger partial charge on any atom is 0.188 e. The molecule has 2 heterocycles. The summed E-state index contributed by atoms with van der Waals surface area (Å²) in [5.41, 5.74) is 8.02. The van der Waals surface area contributed by atoms with Gasteiger partial charge in [-0.2, -0.15) is 5.10 Å². The van der Waals surface area contributed by atoms with Crippen LogP contribution in [0, 0.1) is 5.82 Å². The van der Waals surface area contributed by atoms with Crippen LogP contribution in [-0.2, 0) is 0 Å². The number of fused-ring (bicyclic) bond motifs is 1. The van der Waals surface area contributed by atoms with Crippen LogP contribution in [-0.4, -0.2) is 20.2 Å². The molecule has 0 unspecified atom stereocenters. The van der Waals surface area contributed by atoms with E-state index in [0.717, 1.165) is 5.56 Å². The first-order valence-electron chi connectivity index (χ1n) is 7.40. The van der Waals surface area contributed by atoms with Gasteiger partial charge >= 0.3 is 0 Å².